The molecule has 2 atom stereocenters. The number of ether oxygens (including phenoxy) is 1. The maximum Gasteiger partial charge on any atom is 0.343 e. The summed E-state index contributed by atoms with van der Waals surface area (Å²) in [4.78, 5) is 44.8. The number of benzene rings is 1. The Bertz CT molecular complexity index is 1980. The van der Waals surface area contributed by atoms with Crippen molar-refractivity contribution >= 4 is 22.8 Å². The predicted octanol–water partition coefficient (Wildman–Crippen LogP) is 2.44. The van der Waals surface area contributed by atoms with Crippen molar-refractivity contribution in [3.05, 3.63) is 73.1 Å². The smallest absolute Gasteiger partial charge is 0.343 e. The van der Waals surface area contributed by atoms with Gasteiger partial charge in [0.1, 0.15) is 12.4 Å². The molecule has 228 valence electrons. The lowest BCUT2D eigenvalue weighted by Crippen LogP contribution is -2.44. The Labute approximate surface area is 250 Å². The average Bonchev–Trinajstić information content (AvgIpc) is 3.60. The van der Waals surface area contributed by atoms with E-state index < -0.39 is 41.5 Å². The standard InChI is InChI=1S/C31H31FN6O6/c1-4-8-38-23(12-39)27(35-36-38)28(40)34-20-7-6-15-14(3)19(32)10-21-24(15)25(20)16-11-37-22(26(16)33-21)9-18-17(29(37)41)13-44-30(42)31(18,43)5-2/h9-10,20,39,43H,4-8,11-13H2,1-3H3,(H,34,40)/t20-,31-/m0/s1. The van der Waals surface area contributed by atoms with Gasteiger partial charge < -0.3 is 24.8 Å². The van der Waals surface area contributed by atoms with Gasteiger partial charge in [0.15, 0.2) is 11.3 Å². The normalized spacial score (nSPS) is 19.9. The molecule has 3 aliphatic rings. The number of rotatable bonds is 6. The fraction of sp³-hybridized carbons (Fsp3) is 0.419. The van der Waals surface area contributed by atoms with Crippen LogP contribution in [0.2, 0.25) is 0 Å². The molecule has 44 heavy (non-hydrogen) atoms. The van der Waals surface area contributed by atoms with Crippen LogP contribution < -0.4 is 10.9 Å². The minimum absolute atomic E-state index is 0.00559. The van der Waals surface area contributed by atoms with E-state index in [4.69, 9.17) is 9.72 Å². The molecule has 3 N–H and O–H groups in total. The summed E-state index contributed by atoms with van der Waals surface area (Å²) < 4.78 is 23.4. The monoisotopic (exact) mass is 602 g/mol. The lowest BCUT2D eigenvalue weighted by atomic mass is 9.81. The van der Waals surface area contributed by atoms with Gasteiger partial charge in [-0.1, -0.05) is 19.1 Å². The molecule has 0 saturated heterocycles. The predicted molar refractivity (Wildman–Crippen MR) is 154 cm³/mol. The van der Waals surface area contributed by atoms with Crippen LogP contribution in [0.5, 0.6) is 0 Å². The summed E-state index contributed by atoms with van der Waals surface area (Å²) in [5, 5.41) is 33.1. The highest BCUT2D eigenvalue weighted by atomic mass is 19.1. The minimum atomic E-state index is -1.98. The molecule has 0 spiro atoms. The van der Waals surface area contributed by atoms with E-state index in [2.05, 4.69) is 15.6 Å². The van der Waals surface area contributed by atoms with Crippen LogP contribution in [0.15, 0.2) is 16.9 Å². The molecule has 0 saturated carbocycles. The van der Waals surface area contributed by atoms with Crippen molar-refractivity contribution in [2.45, 2.75) is 84.4 Å². The van der Waals surface area contributed by atoms with Gasteiger partial charge in [0.05, 0.1) is 47.4 Å². The molecule has 1 amide bonds. The molecule has 13 heteroatoms. The SMILES string of the molecule is CCCn1nnc(C(=O)N[C@H]2CCc3c(C)c(F)cc4nc5c(c2c34)Cn2c-5cc3c(c2=O)COC(=O)[C@]3(O)CC)c1CO. The second-order valence-corrected chi connectivity index (χ2v) is 11.6. The molecule has 0 unspecified atom stereocenters. The van der Waals surface area contributed by atoms with E-state index in [1.165, 1.54) is 15.3 Å². The first kappa shape index (κ1) is 28.3. The van der Waals surface area contributed by atoms with E-state index >= 15 is 4.39 Å². The van der Waals surface area contributed by atoms with Crippen LogP contribution in [0, 0.1) is 12.7 Å². The van der Waals surface area contributed by atoms with Gasteiger partial charge in [0.2, 0.25) is 0 Å². The molecule has 1 aromatic carbocycles. The van der Waals surface area contributed by atoms with Gasteiger partial charge in [-0.05, 0) is 55.4 Å². The van der Waals surface area contributed by atoms with E-state index in [0.29, 0.717) is 53.1 Å². The molecule has 3 aromatic heterocycles. The molecule has 5 heterocycles. The van der Waals surface area contributed by atoms with Crippen LogP contribution in [0.25, 0.3) is 22.3 Å². The van der Waals surface area contributed by atoms with Crippen LogP contribution in [0.3, 0.4) is 0 Å². The lowest BCUT2D eigenvalue weighted by molar-refractivity contribution is -0.172. The van der Waals surface area contributed by atoms with E-state index in [0.717, 1.165) is 22.9 Å². The summed E-state index contributed by atoms with van der Waals surface area (Å²) in [6.45, 7) is 5.27. The average molecular weight is 603 g/mol. The summed E-state index contributed by atoms with van der Waals surface area (Å²) in [7, 11) is 0. The van der Waals surface area contributed by atoms with Crippen molar-refractivity contribution < 1.29 is 28.9 Å². The van der Waals surface area contributed by atoms with Crippen molar-refractivity contribution in [2.75, 3.05) is 0 Å². The molecule has 0 radical (unpaired) electrons. The molecule has 0 bridgehead atoms. The number of halogens is 1. The van der Waals surface area contributed by atoms with Crippen LogP contribution in [0.1, 0.15) is 88.7 Å². The van der Waals surface area contributed by atoms with Crippen molar-refractivity contribution in [3.63, 3.8) is 0 Å². The van der Waals surface area contributed by atoms with Gasteiger partial charge in [-0.2, -0.15) is 0 Å². The Kier molecular flexibility index (Phi) is 6.45. The first-order chi connectivity index (χ1) is 21.1. The first-order valence-electron chi connectivity index (χ1n) is 14.8. The Hall–Kier alpha value is -4.49. The number of aliphatic hydroxyl groups excluding tert-OH is 1. The summed E-state index contributed by atoms with van der Waals surface area (Å²) >= 11 is 0. The highest BCUT2D eigenvalue weighted by Gasteiger charge is 2.46. The number of fused-ring (bicyclic) bond motifs is 5. The zero-order valence-electron chi connectivity index (χ0n) is 24.5. The maximum atomic E-state index is 15.2. The number of aromatic nitrogens is 5. The van der Waals surface area contributed by atoms with Crippen LogP contribution >= 0.6 is 0 Å². The van der Waals surface area contributed by atoms with Crippen LogP contribution in [-0.4, -0.2) is 46.6 Å². The topological polar surface area (TPSA) is 161 Å². The number of carbonyl (C=O) groups is 2. The number of nitrogens with one attached hydrogen (secondary N) is 1. The van der Waals surface area contributed by atoms with Crippen molar-refractivity contribution in [3.8, 4) is 11.4 Å². The maximum absolute atomic E-state index is 15.2. The Morgan fingerprint density at radius 3 is 2.75 bits per heavy atom. The third-order valence-electron chi connectivity index (χ3n) is 9.32. The second kappa shape index (κ2) is 10.0. The van der Waals surface area contributed by atoms with E-state index in [1.54, 1.807) is 19.9 Å². The third-order valence-corrected chi connectivity index (χ3v) is 9.32. The number of amides is 1. The van der Waals surface area contributed by atoms with Crippen LogP contribution in [-0.2, 0) is 47.9 Å². The van der Waals surface area contributed by atoms with Gasteiger partial charge in [-0.3, -0.25) is 9.59 Å². The van der Waals surface area contributed by atoms with Gasteiger partial charge in [-0.15, -0.1) is 5.10 Å². The fourth-order valence-corrected chi connectivity index (χ4v) is 6.98. The highest BCUT2D eigenvalue weighted by molar-refractivity contribution is 5.96. The number of nitrogens with zero attached hydrogens (tertiary/aromatic N) is 5. The molecule has 1 aliphatic carbocycles. The molecule has 0 fully saturated rings. The largest absolute Gasteiger partial charge is 0.458 e. The molecule has 4 aromatic rings. The highest BCUT2D eigenvalue weighted by Crippen LogP contribution is 2.46. The number of pyridine rings is 2. The Morgan fingerprint density at radius 1 is 1.23 bits per heavy atom. The van der Waals surface area contributed by atoms with Gasteiger partial charge in [0.25, 0.3) is 11.5 Å². The Morgan fingerprint density at radius 2 is 2.02 bits per heavy atom. The number of hydrogen-bond acceptors (Lipinski definition) is 9. The summed E-state index contributed by atoms with van der Waals surface area (Å²) in [5.74, 6) is -1.73. The van der Waals surface area contributed by atoms with Crippen molar-refractivity contribution in [2.24, 2.45) is 0 Å². The van der Waals surface area contributed by atoms with E-state index in [1.807, 2.05) is 6.92 Å². The zero-order valence-corrected chi connectivity index (χ0v) is 24.5. The van der Waals surface area contributed by atoms with Gasteiger partial charge in [-0.25, -0.2) is 18.9 Å². The minimum Gasteiger partial charge on any atom is -0.458 e. The number of cyclic esters (lactones) is 1. The number of carbonyl (C=O) groups excluding carboxylic acids is 2. The number of esters is 1. The number of hydrogen-bond donors (Lipinski definition) is 3. The Balaban J connectivity index is 1.41. The molecule has 2 aliphatic heterocycles. The molecular formula is C31H31FN6O6. The fourth-order valence-electron chi connectivity index (χ4n) is 6.98. The lowest BCUT2D eigenvalue weighted by Gasteiger charge is -2.31. The van der Waals surface area contributed by atoms with Crippen LogP contribution in [0.4, 0.5) is 4.39 Å². The van der Waals surface area contributed by atoms with Crippen molar-refractivity contribution in [1.82, 2.24) is 29.9 Å². The van der Waals surface area contributed by atoms with E-state index in [9.17, 15) is 24.6 Å². The molecule has 7 rings (SSSR count). The number of aliphatic hydroxyl groups is 2. The third kappa shape index (κ3) is 3.81. The zero-order chi connectivity index (χ0) is 31.1. The van der Waals surface area contributed by atoms with Gasteiger partial charge in [0, 0.05) is 29.1 Å². The second-order valence-electron chi connectivity index (χ2n) is 11.6. The molecular weight excluding hydrogens is 571 g/mol. The summed E-state index contributed by atoms with van der Waals surface area (Å²) in [5.41, 5.74) is 2.24. The first-order valence-corrected chi connectivity index (χ1v) is 14.8. The molecule has 12 nitrogen and oxygen atoms in total. The number of aryl methyl sites for hydroxylation is 2. The summed E-state index contributed by atoms with van der Waals surface area (Å²) in [6.07, 6.45) is 1.68. The van der Waals surface area contributed by atoms with Gasteiger partial charge >= 0.3 is 5.97 Å². The quantitative estimate of drug-likeness (QED) is 0.248. The summed E-state index contributed by atoms with van der Waals surface area (Å²) in [6, 6.07) is 2.43. The van der Waals surface area contributed by atoms with Crippen molar-refractivity contribution in [1.29, 1.82) is 0 Å². The van der Waals surface area contributed by atoms with E-state index in [-0.39, 0.29) is 36.4 Å².